The van der Waals surface area contributed by atoms with Crippen molar-refractivity contribution in [2.45, 2.75) is 4.90 Å². The van der Waals surface area contributed by atoms with Crippen LogP contribution in [0.1, 0.15) is 11.1 Å². The molecule has 0 radical (unpaired) electrons. The molecule has 0 aliphatic carbocycles. The van der Waals surface area contributed by atoms with Crippen LogP contribution in [0, 0.1) is 10.1 Å². The number of benzene rings is 2. The lowest BCUT2D eigenvalue weighted by Gasteiger charge is -2.02. The van der Waals surface area contributed by atoms with Gasteiger partial charge in [0.05, 0.1) is 15.5 Å². The molecule has 0 saturated heterocycles. The maximum absolute atomic E-state index is 12.0. The number of halogens is 1. The number of rotatable bonds is 4. The van der Waals surface area contributed by atoms with Gasteiger partial charge in [0.25, 0.3) is 5.69 Å². The molecule has 0 bridgehead atoms. The number of carbonyl (C=O) groups is 1. The minimum atomic E-state index is -0.633. The summed E-state index contributed by atoms with van der Waals surface area (Å²) in [4.78, 5) is 27.6. The fourth-order valence-electron chi connectivity index (χ4n) is 2.17. The fourth-order valence-corrected chi connectivity index (χ4v) is 2.78. The number of cyclic esters (lactones) is 1. The molecule has 0 unspecified atom stereocenters. The van der Waals surface area contributed by atoms with Gasteiger partial charge in [-0.2, -0.15) is 0 Å². The lowest BCUT2D eigenvalue weighted by molar-refractivity contribution is -0.384. The van der Waals surface area contributed by atoms with Crippen LogP contribution in [0.2, 0.25) is 5.02 Å². The highest BCUT2D eigenvalue weighted by molar-refractivity contribution is 7.98. The molecule has 25 heavy (non-hydrogen) atoms. The van der Waals surface area contributed by atoms with Gasteiger partial charge in [-0.3, -0.25) is 10.1 Å². The number of non-ortho nitro benzene ring substituents is 1. The first-order valence-corrected chi connectivity index (χ1v) is 8.69. The van der Waals surface area contributed by atoms with Crippen molar-refractivity contribution in [1.82, 2.24) is 0 Å². The molecule has 2 aromatic rings. The third-order valence-corrected chi connectivity index (χ3v) is 4.50. The van der Waals surface area contributed by atoms with Crippen LogP contribution in [-0.2, 0) is 9.53 Å². The molecule has 0 amide bonds. The van der Waals surface area contributed by atoms with Gasteiger partial charge in [0, 0.05) is 17.0 Å². The smallest absolute Gasteiger partial charge is 0.363 e. The molecule has 8 heteroatoms. The van der Waals surface area contributed by atoms with Crippen molar-refractivity contribution in [2.24, 2.45) is 4.99 Å². The van der Waals surface area contributed by atoms with Crippen LogP contribution >= 0.6 is 23.4 Å². The molecule has 1 aliphatic heterocycles. The maximum atomic E-state index is 12.0. The van der Waals surface area contributed by atoms with Crippen molar-refractivity contribution in [3.63, 3.8) is 0 Å². The van der Waals surface area contributed by atoms with Crippen LogP contribution in [0.4, 0.5) is 5.69 Å². The second-order valence-corrected chi connectivity index (χ2v) is 6.32. The second kappa shape index (κ2) is 7.08. The van der Waals surface area contributed by atoms with Crippen LogP contribution < -0.4 is 0 Å². The zero-order valence-corrected chi connectivity index (χ0v) is 14.5. The van der Waals surface area contributed by atoms with E-state index in [1.54, 1.807) is 17.8 Å². The molecule has 0 atom stereocenters. The summed E-state index contributed by atoms with van der Waals surface area (Å²) in [7, 11) is 0. The summed E-state index contributed by atoms with van der Waals surface area (Å²) in [6.45, 7) is 0. The predicted molar refractivity (Wildman–Crippen MR) is 96.9 cm³/mol. The third kappa shape index (κ3) is 3.72. The molecular formula is C17H11ClN2O4S. The fraction of sp³-hybridized carbons (Fsp3) is 0.0588. The summed E-state index contributed by atoms with van der Waals surface area (Å²) in [6.07, 6.45) is 3.56. The first-order valence-electron chi connectivity index (χ1n) is 7.09. The van der Waals surface area contributed by atoms with Crippen LogP contribution in [-0.4, -0.2) is 23.0 Å². The van der Waals surface area contributed by atoms with Crippen molar-refractivity contribution in [1.29, 1.82) is 0 Å². The first kappa shape index (κ1) is 17.2. The van der Waals surface area contributed by atoms with E-state index in [0.717, 1.165) is 10.5 Å². The highest BCUT2D eigenvalue weighted by atomic mass is 35.5. The zero-order valence-electron chi connectivity index (χ0n) is 12.9. The minimum Gasteiger partial charge on any atom is -0.402 e. The van der Waals surface area contributed by atoms with Crippen molar-refractivity contribution in [3.8, 4) is 0 Å². The van der Waals surface area contributed by atoms with E-state index in [1.165, 1.54) is 18.2 Å². The van der Waals surface area contributed by atoms with E-state index in [2.05, 4.69) is 4.99 Å². The summed E-state index contributed by atoms with van der Waals surface area (Å²) in [6, 6.07) is 11.4. The normalized spacial score (nSPS) is 15.2. The van der Waals surface area contributed by atoms with E-state index in [9.17, 15) is 14.9 Å². The number of hydrogen-bond donors (Lipinski definition) is 0. The van der Waals surface area contributed by atoms with Gasteiger partial charge < -0.3 is 4.74 Å². The van der Waals surface area contributed by atoms with Crippen molar-refractivity contribution >= 4 is 47.0 Å². The highest BCUT2D eigenvalue weighted by Gasteiger charge is 2.27. The maximum Gasteiger partial charge on any atom is 0.363 e. The summed E-state index contributed by atoms with van der Waals surface area (Å²) >= 11 is 7.67. The SMILES string of the molecule is CSc1ccc(C=C2N=C(c3cc([N+](=O)[O-])ccc3Cl)OC2=O)cc1. The predicted octanol–water partition coefficient (Wildman–Crippen LogP) is 4.31. The Morgan fingerprint density at radius 3 is 2.60 bits per heavy atom. The van der Waals surface area contributed by atoms with Gasteiger partial charge in [-0.25, -0.2) is 9.79 Å². The van der Waals surface area contributed by atoms with E-state index in [-0.39, 0.29) is 27.9 Å². The second-order valence-electron chi connectivity index (χ2n) is 5.03. The number of nitrogens with zero attached hydrogens (tertiary/aromatic N) is 2. The first-order chi connectivity index (χ1) is 12.0. The topological polar surface area (TPSA) is 81.8 Å². The number of nitro groups is 1. The van der Waals surface area contributed by atoms with Crippen LogP contribution in [0.5, 0.6) is 0 Å². The van der Waals surface area contributed by atoms with E-state index in [1.807, 2.05) is 30.5 Å². The number of aliphatic imine (C=N–C) groups is 1. The zero-order chi connectivity index (χ0) is 18.0. The Morgan fingerprint density at radius 1 is 1.24 bits per heavy atom. The van der Waals surface area contributed by atoms with Crippen molar-refractivity contribution in [3.05, 3.63) is 74.4 Å². The van der Waals surface area contributed by atoms with E-state index in [0.29, 0.717) is 0 Å². The third-order valence-electron chi connectivity index (χ3n) is 3.43. The lowest BCUT2D eigenvalue weighted by atomic mass is 10.2. The quantitative estimate of drug-likeness (QED) is 0.262. The number of ether oxygens (including phenoxy) is 1. The van der Waals surface area contributed by atoms with Crippen molar-refractivity contribution < 1.29 is 14.5 Å². The van der Waals surface area contributed by atoms with Gasteiger partial charge in [0.1, 0.15) is 0 Å². The standard InChI is InChI=1S/C17H11ClN2O4S/c1-25-12-5-2-10(3-6-12)8-15-17(21)24-16(19-15)13-9-11(20(22)23)4-7-14(13)18/h2-9H,1H3. The molecule has 0 N–H and O–H groups in total. The van der Waals surface area contributed by atoms with E-state index >= 15 is 0 Å². The summed E-state index contributed by atoms with van der Waals surface area (Å²) in [5.41, 5.74) is 0.933. The summed E-state index contributed by atoms with van der Waals surface area (Å²) < 4.78 is 5.12. The van der Waals surface area contributed by atoms with Gasteiger partial charge in [-0.15, -0.1) is 11.8 Å². The van der Waals surface area contributed by atoms with Gasteiger partial charge in [-0.05, 0) is 36.1 Å². The molecule has 3 rings (SSSR count). The van der Waals surface area contributed by atoms with Crippen LogP contribution in [0.3, 0.4) is 0 Å². The Morgan fingerprint density at radius 2 is 1.96 bits per heavy atom. The molecule has 6 nitrogen and oxygen atoms in total. The molecule has 0 saturated carbocycles. The molecule has 1 aliphatic rings. The van der Waals surface area contributed by atoms with Gasteiger partial charge in [0.15, 0.2) is 5.70 Å². The summed E-state index contributed by atoms with van der Waals surface area (Å²) in [5, 5.41) is 11.1. The number of esters is 1. The van der Waals surface area contributed by atoms with Gasteiger partial charge in [-0.1, -0.05) is 23.7 Å². The molecule has 0 spiro atoms. The molecule has 0 aromatic heterocycles. The van der Waals surface area contributed by atoms with Crippen LogP contribution in [0.25, 0.3) is 6.08 Å². The van der Waals surface area contributed by atoms with Crippen molar-refractivity contribution in [2.75, 3.05) is 6.26 Å². The average Bonchev–Trinajstić information content (AvgIpc) is 2.96. The summed E-state index contributed by atoms with van der Waals surface area (Å²) in [5.74, 6) is -0.683. The Labute approximate surface area is 152 Å². The monoisotopic (exact) mass is 374 g/mol. The van der Waals surface area contributed by atoms with E-state index in [4.69, 9.17) is 16.3 Å². The molecule has 2 aromatic carbocycles. The molecule has 126 valence electrons. The average molecular weight is 375 g/mol. The number of hydrogen-bond acceptors (Lipinski definition) is 6. The Hall–Kier alpha value is -2.64. The van der Waals surface area contributed by atoms with E-state index < -0.39 is 10.9 Å². The molecular weight excluding hydrogens is 364 g/mol. The number of thioether (sulfide) groups is 1. The Kier molecular flexibility index (Phi) is 4.87. The Bertz CT molecular complexity index is 923. The molecule has 0 fully saturated rings. The highest BCUT2D eigenvalue weighted by Crippen LogP contribution is 2.27. The minimum absolute atomic E-state index is 0.0503. The van der Waals surface area contributed by atoms with Gasteiger partial charge >= 0.3 is 5.97 Å². The van der Waals surface area contributed by atoms with Crippen LogP contribution in [0.15, 0.2) is 58.0 Å². The number of nitro benzene ring substituents is 1. The number of carbonyl (C=O) groups excluding carboxylic acids is 1. The van der Waals surface area contributed by atoms with Gasteiger partial charge in [0.2, 0.25) is 5.90 Å². The largest absolute Gasteiger partial charge is 0.402 e. The Balaban J connectivity index is 1.96. The molecule has 1 heterocycles. The lowest BCUT2D eigenvalue weighted by Crippen LogP contribution is -2.06.